The molecule has 2 aromatic rings. The first kappa shape index (κ1) is 23.0. The van der Waals surface area contributed by atoms with Crippen molar-refractivity contribution < 1.29 is 17.9 Å². The Morgan fingerprint density at radius 3 is 2.59 bits per heavy atom. The molecule has 34 heavy (non-hydrogen) atoms. The van der Waals surface area contributed by atoms with Gasteiger partial charge >= 0.3 is 0 Å². The second kappa shape index (κ2) is 9.49. The molecule has 2 aromatic carbocycles. The SMILES string of the molecule is COc1ccccc1NS(=O)(=O)c1cc(NC(=O)C[C@H]2C[C@@H]3CC[C@@H]2C3)ccc1N1CCCC1. The summed E-state index contributed by atoms with van der Waals surface area (Å²) in [6, 6.07) is 12.2. The van der Waals surface area contributed by atoms with Crippen LogP contribution in [-0.4, -0.2) is 34.5 Å². The number of ether oxygens (including phenoxy) is 1. The molecule has 0 unspecified atom stereocenters. The van der Waals surface area contributed by atoms with E-state index in [9.17, 15) is 13.2 Å². The molecule has 2 saturated carbocycles. The number of carbonyl (C=O) groups is 1. The molecule has 3 aliphatic rings. The Morgan fingerprint density at radius 2 is 1.88 bits per heavy atom. The molecule has 1 amide bonds. The lowest BCUT2D eigenvalue weighted by Crippen LogP contribution is -2.24. The number of anilines is 3. The van der Waals surface area contributed by atoms with E-state index >= 15 is 0 Å². The van der Waals surface area contributed by atoms with Crippen LogP contribution in [0.1, 0.15) is 44.9 Å². The summed E-state index contributed by atoms with van der Waals surface area (Å²) < 4.78 is 35.1. The lowest BCUT2D eigenvalue weighted by molar-refractivity contribution is -0.117. The van der Waals surface area contributed by atoms with Gasteiger partial charge in [-0.25, -0.2) is 8.42 Å². The average molecular weight is 484 g/mol. The summed E-state index contributed by atoms with van der Waals surface area (Å²) in [4.78, 5) is 15.1. The van der Waals surface area contributed by atoms with Crippen molar-refractivity contribution in [3.63, 3.8) is 0 Å². The van der Waals surface area contributed by atoms with E-state index in [0.717, 1.165) is 38.3 Å². The van der Waals surface area contributed by atoms with Gasteiger partial charge in [0.2, 0.25) is 5.91 Å². The van der Waals surface area contributed by atoms with E-state index in [0.29, 0.717) is 41.1 Å². The van der Waals surface area contributed by atoms with Crippen molar-refractivity contribution in [2.75, 3.05) is 35.1 Å². The van der Waals surface area contributed by atoms with Gasteiger partial charge in [0, 0.05) is 25.2 Å². The first-order valence-corrected chi connectivity index (χ1v) is 13.8. The normalized spacial score (nSPS) is 23.8. The molecular formula is C26H33N3O4S. The largest absolute Gasteiger partial charge is 0.495 e. The highest BCUT2D eigenvalue weighted by atomic mass is 32.2. The third-order valence-electron chi connectivity index (χ3n) is 7.66. The number of carbonyl (C=O) groups excluding carboxylic acids is 1. The van der Waals surface area contributed by atoms with Gasteiger partial charge in [0.15, 0.2) is 0 Å². The Hall–Kier alpha value is -2.74. The van der Waals surface area contributed by atoms with Crippen LogP contribution in [0.15, 0.2) is 47.4 Å². The van der Waals surface area contributed by atoms with Crippen molar-refractivity contribution in [3.8, 4) is 5.75 Å². The molecule has 0 radical (unpaired) electrons. The topological polar surface area (TPSA) is 87.7 Å². The molecule has 7 nitrogen and oxygen atoms in total. The number of nitrogens with one attached hydrogen (secondary N) is 2. The molecule has 1 aliphatic heterocycles. The summed E-state index contributed by atoms with van der Waals surface area (Å²) in [6.07, 6.45) is 7.53. The molecule has 182 valence electrons. The second-order valence-electron chi connectivity index (χ2n) is 9.87. The Labute approximate surface area is 201 Å². The van der Waals surface area contributed by atoms with E-state index < -0.39 is 10.0 Å². The fourth-order valence-corrected chi connectivity index (χ4v) is 7.35. The molecule has 3 atom stereocenters. The molecule has 1 saturated heterocycles. The van der Waals surface area contributed by atoms with Gasteiger partial charge < -0.3 is 15.0 Å². The summed E-state index contributed by atoms with van der Waals surface area (Å²) >= 11 is 0. The predicted molar refractivity (Wildman–Crippen MR) is 134 cm³/mol. The maximum atomic E-state index is 13.5. The Bertz CT molecular complexity index is 1160. The van der Waals surface area contributed by atoms with Crippen molar-refractivity contribution >= 4 is 33.0 Å². The van der Waals surface area contributed by atoms with E-state index in [4.69, 9.17) is 4.74 Å². The zero-order valence-corrected chi connectivity index (χ0v) is 20.4. The van der Waals surface area contributed by atoms with Gasteiger partial charge in [-0.15, -0.1) is 0 Å². The molecule has 1 heterocycles. The van der Waals surface area contributed by atoms with Gasteiger partial charge in [0.25, 0.3) is 10.0 Å². The van der Waals surface area contributed by atoms with E-state index in [2.05, 4.69) is 14.9 Å². The number of sulfonamides is 1. The molecule has 3 fully saturated rings. The first-order chi connectivity index (χ1) is 16.4. The number of fused-ring (bicyclic) bond motifs is 2. The van der Waals surface area contributed by atoms with Crippen LogP contribution in [0.2, 0.25) is 0 Å². The maximum Gasteiger partial charge on any atom is 0.264 e. The van der Waals surface area contributed by atoms with Crippen LogP contribution >= 0.6 is 0 Å². The van der Waals surface area contributed by atoms with Crippen LogP contribution in [0, 0.1) is 17.8 Å². The quantitative estimate of drug-likeness (QED) is 0.560. The minimum Gasteiger partial charge on any atom is -0.495 e. The number of hydrogen-bond donors (Lipinski definition) is 2. The van der Waals surface area contributed by atoms with E-state index in [1.807, 2.05) is 12.1 Å². The second-order valence-corrected chi connectivity index (χ2v) is 11.5. The number of para-hydroxylation sites is 2. The molecular weight excluding hydrogens is 450 g/mol. The Morgan fingerprint density at radius 1 is 1.09 bits per heavy atom. The Kier molecular flexibility index (Phi) is 6.42. The van der Waals surface area contributed by atoms with Gasteiger partial charge in [-0.2, -0.15) is 0 Å². The Balaban J connectivity index is 1.39. The third-order valence-corrected chi connectivity index (χ3v) is 9.06. The van der Waals surface area contributed by atoms with Crippen LogP contribution in [0.25, 0.3) is 0 Å². The van der Waals surface area contributed by atoms with Gasteiger partial charge in [-0.3, -0.25) is 9.52 Å². The highest BCUT2D eigenvalue weighted by Crippen LogP contribution is 2.49. The summed E-state index contributed by atoms with van der Waals surface area (Å²) in [7, 11) is -2.42. The molecule has 0 aromatic heterocycles. The average Bonchev–Trinajstić information content (AvgIpc) is 3.58. The number of benzene rings is 2. The third kappa shape index (κ3) is 4.73. The van der Waals surface area contributed by atoms with Gasteiger partial charge in [-0.1, -0.05) is 18.6 Å². The molecule has 2 N–H and O–H groups in total. The predicted octanol–water partition coefficient (Wildman–Crippen LogP) is 4.86. The van der Waals surface area contributed by atoms with Crippen LogP contribution < -0.4 is 19.7 Å². The van der Waals surface area contributed by atoms with Gasteiger partial charge in [0.05, 0.1) is 18.5 Å². The standard InChI is InChI=1S/C26H33N3O4S/c1-33-24-7-3-2-6-22(24)28-34(31,32)25-17-21(10-11-23(25)29-12-4-5-13-29)27-26(30)16-20-15-18-8-9-19(20)14-18/h2-3,6-7,10-11,17-20,28H,4-5,8-9,12-16H2,1H3,(H,27,30)/t18-,19-,20-/m1/s1. The highest BCUT2D eigenvalue weighted by Gasteiger charge is 2.40. The number of nitrogens with zero attached hydrogens (tertiary/aromatic N) is 1. The van der Waals surface area contributed by atoms with Crippen LogP contribution in [0.4, 0.5) is 17.1 Å². The molecule has 2 aliphatic carbocycles. The number of amides is 1. The van der Waals surface area contributed by atoms with Gasteiger partial charge in [-0.05, 0) is 80.2 Å². The van der Waals surface area contributed by atoms with Crippen molar-refractivity contribution in [2.45, 2.75) is 49.8 Å². The van der Waals surface area contributed by atoms with Crippen molar-refractivity contribution in [1.29, 1.82) is 0 Å². The van der Waals surface area contributed by atoms with Crippen molar-refractivity contribution in [1.82, 2.24) is 0 Å². The fraction of sp³-hybridized carbons (Fsp3) is 0.500. The molecule has 8 heteroatoms. The zero-order valence-electron chi connectivity index (χ0n) is 19.6. The zero-order chi connectivity index (χ0) is 23.7. The van der Waals surface area contributed by atoms with Crippen molar-refractivity contribution in [2.24, 2.45) is 17.8 Å². The van der Waals surface area contributed by atoms with Crippen LogP contribution in [0.3, 0.4) is 0 Å². The van der Waals surface area contributed by atoms with Crippen molar-refractivity contribution in [3.05, 3.63) is 42.5 Å². The minimum absolute atomic E-state index is 0.0347. The lowest BCUT2D eigenvalue weighted by Gasteiger charge is -2.23. The van der Waals surface area contributed by atoms with Gasteiger partial charge in [0.1, 0.15) is 10.6 Å². The smallest absolute Gasteiger partial charge is 0.264 e. The highest BCUT2D eigenvalue weighted by molar-refractivity contribution is 7.93. The maximum absolute atomic E-state index is 13.5. The van der Waals surface area contributed by atoms with Crippen LogP contribution in [0.5, 0.6) is 5.75 Å². The summed E-state index contributed by atoms with van der Waals surface area (Å²) in [6.45, 7) is 1.63. The number of rotatable bonds is 8. The molecule has 2 bridgehead atoms. The van der Waals surface area contributed by atoms with Crippen LogP contribution in [-0.2, 0) is 14.8 Å². The lowest BCUT2D eigenvalue weighted by atomic mass is 9.86. The fourth-order valence-electron chi connectivity index (χ4n) is 6.03. The molecule has 5 rings (SSSR count). The summed E-state index contributed by atoms with van der Waals surface area (Å²) in [5, 5.41) is 2.97. The summed E-state index contributed by atoms with van der Waals surface area (Å²) in [5.74, 6) is 2.34. The van der Waals surface area contributed by atoms with E-state index in [-0.39, 0.29) is 10.8 Å². The molecule has 0 spiro atoms. The summed E-state index contributed by atoms with van der Waals surface area (Å²) in [5.41, 5.74) is 1.55. The van der Waals surface area contributed by atoms with E-state index in [1.54, 1.807) is 30.3 Å². The number of methoxy groups -OCH3 is 1. The number of hydrogen-bond acceptors (Lipinski definition) is 5. The first-order valence-electron chi connectivity index (χ1n) is 12.3. The monoisotopic (exact) mass is 483 g/mol. The minimum atomic E-state index is -3.92. The van der Waals surface area contributed by atoms with E-state index in [1.165, 1.54) is 26.4 Å².